The van der Waals surface area contributed by atoms with E-state index >= 15 is 0 Å². The quantitative estimate of drug-likeness (QED) is 0.446. The van der Waals surface area contributed by atoms with Crippen LogP contribution in [0, 0.1) is 10.9 Å². The molecule has 0 amide bonds. The third kappa shape index (κ3) is 4.74. The van der Waals surface area contributed by atoms with Crippen LogP contribution in [-0.4, -0.2) is 20.8 Å². The maximum atomic E-state index is 4.94. The van der Waals surface area contributed by atoms with E-state index in [1.165, 1.54) is 10.6 Å². The fourth-order valence-corrected chi connectivity index (χ4v) is 1.93. The molecule has 0 saturated heterocycles. The van der Waals surface area contributed by atoms with Crippen LogP contribution in [0.3, 0.4) is 0 Å². The van der Waals surface area contributed by atoms with Crippen LogP contribution < -0.4 is 0 Å². The Morgan fingerprint density at radius 1 is 1.20 bits per heavy atom. The Kier molecular flexibility index (Phi) is 6.93. The lowest BCUT2D eigenvalue weighted by atomic mass is 10.9. The van der Waals surface area contributed by atoms with E-state index in [2.05, 4.69) is 24.7 Å². The predicted octanol–water partition coefficient (Wildman–Crippen LogP) is 2.06. The summed E-state index contributed by atoms with van der Waals surface area (Å²) >= 11 is -0.710. The topological polar surface area (TPSA) is 9.23 Å². The van der Waals surface area contributed by atoms with Gasteiger partial charge in [-0.25, -0.2) is 0 Å². The normalized spacial score (nSPS) is 7.90. The van der Waals surface area contributed by atoms with Crippen LogP contribution in [0.15, 0.2) is 0 Å². The maximum absolute atomic E-state index is 4.94. The van der Waals surface area contributed by atoms with Crippen molar-refractivity contribution >= 4 is 14.1 Å². The minimum atomic E-state index is -0.710. The van der Waals surface area contributed by atoms with E-state index < -0.39 is 14.1 Å². The van der Waals surface area contributed by atoms with E-state index in [4.69, 9.17) is 4.74 Å². The van der Waals surface area contributed by atoms with E-state index in [0.717, 1.165) is 0 Å². The van der Waals surface area contributed by atoms with Crippen molar-refractivity contribution in [2.45, 2.75) is 31.3 Å². The van der Waals surface area contributed by atoms with Crippen LogP contribution in [-0.2, 0) is 4.74 Å². The van der Waals surface area contributed by atoms with Gasteiger partial charge in [-0.3, -0.25) is 0 Å². The molecule has 0 radical (unpaired) electrons. The van der Waals surface area contributed by atoms with Gasteiger partial charge in [0, 0.05) is 0 Å². The molecule has 0 aromatic heterocycles. The first kappa shape index (κ1) is 9.89. The number of ether oxygens (including phenoxy) is 1. The molecule has 0 aromatic carbocycles. The summed E-state index contributed by atoms with van der Waals surface area (Å²) in [5.41, 5.74) is 0. The highest BCUT2D eigenvalue weighted by molar-refractivity contribution is 6.67. The molecule has 0 spiro atoms. The van der Waals surface area contributed by atoms with Gasteiger partial charge >= 0.3 is 14.1 Å². The molecule has 0 unspecified atom stereocenters. The molecule has 0 fully saturated rings. The largest absolute Gasteiger partial charge is 0.448 e. The molecule has 2 heteroatoms. The van der Waals surface area contributed by atoms with Crippen LogP contribution in [0.25, 0.3) is 0 Å². The SMILES string of the molecule is CCOC#[C][Al]([CH2]C)[CH2]C. The first-order valence-corrected chi connectivity index (χ1v) is 6.18. The number of rotatable bonds is 3. The van der Waals surface area contributed by atoms with Crippen molar-refractivity contribution in [3.63, 3.8) is 0 Å². The van der Waals surface area contributed by atoms with Gasteiger partial charge in [0.05, 0.1) is 12.7 Å². The van der Waals surface area contributed by atoms with Crippen LogP contribution in [0.5, 0.6) is 0 Å². The zero-order valence-electron chi connectivity index (χ0n) is 7.11. The van der Waals surface area contributed by atoms with Crippen molar-refractivity contribution in [1.82, 2.24) is 0 Å². The third-order valence-corrected chi connectivity index (χ3v) is 3.96. The number of hydrogen-bond acceptors (Lipinski definition) is 1. The highest BCUT2D eigenvalue weighted by Crippen LogP contribution is 1.94. The summed E-state index contributed by atoms with van der Waals surface area (Å²) in [5, 5.41) is 2.52. The lowest BCUT2D eigenvalue weighted by molar-refractivity contribution is 0.299. The summed E-state index contributed by atoms with van der Waals surface area (Å²) in [4.78, 5) is 3.19. The zero-order chi connectivity index (χ0) is 7.82. The predicted molar refractivity (Wildman–Crippen MR) is 46.1 cm³/mol. The molecule has 1 nitrogen and oxygen atoms in total. The van der Waals surface area contributed by atoms with E-state index in [-0.39, 0.29) is 0 Å². The van der Waals surface area contributed by atoms with E-state index in [1.54, 1.807) is 0 Å². The van der Waals surface area contributed by atoms with Crippen molar-refractivity contribution in [2.75, 3.05) is 6.61 Å². The Hall–Kier alpha value is -0.108. The average Bonchev–Trinajstić information content (AvgIpc) is 1.99. The molecule has 0 N–H and O–H groups in total. The smallest absolute Gasteiger partial charge is 0.381 e. The zero-order valence-corrected chi connectivity index (χ0v) is 8.26. The molecular weight excluding hydrogens is 139 g/mol. The van der Waals surface area contributed by atoms with Gasteiger partial charge in [-0.1, -0.05) is 24.4 Å². The van der Waals surface area contributed by atoms with Crippen LogP contribution in [0.4, 0.5) is 0 Å². The van der Waals surface area contributed by atoms with Crippen molar-refractivity contribution in [1.29, 1.82) is 0 Å². The molecule has 0 aliphatic heterocycles. The van der Waals surface area contributed by atoms with Crippen LogP contribution >= 0.6 is 0 Å². The molecule has 0 heterocycles. The van der Waals surface area contributed by atoms with E-state index in [9.17, 15) is 0 Å². The van der Waals surface area contributed by atoms with Gasteiger partial charge in [0.1, 0.15) is 0 Å². The molecule has 0 atom stereocenters. The molecular formula is C8H15AlO. The lowest BCUT2D eigenvalue weighted by Crippen LogP contribution is -2.05. The van der Waals surface area contributed by atoms with Crippen molar-refractivity contribution < 1.29 is 4.74 Å². The van der Waals surface area contributed by atoms with Crippen molar-refractivity contribution in [2.24, 2.45) is 0 Å². The minimum absolute atomic E-state index is 0.710. The first-order chi connectivity index (χ1) is 4.85. The molecule has 0 rings (SSSR count). The fourth-order valence-electron chi connectivity index (χ4n) is 0.690. The minimum Gasteiger partial charge on any atom is -0.448 e. The van der Waals surface area contributed by atoms with Crippen LogP contribution in [0.1, 0.15) is 20.8 Å². The summed E-state index contributed by atoms with van der Waals surface area (Å²) in [6, 6.07) is 0. The maximum Gasteiger partial charge on any atom is 0.381 e. The molecule has 0 bridgehead atoms. The Morgan fingerprint density at radius 2 is 1.80 bits per heavy atom. The van der Waals surface area contributed by atoms with Gasteiger partial charge in [-0.15, -0.1) is 0 Å². The summed E-state index contributed by atoms with van der Waals surface area (Å²) < 4.78 is 4.94. The fraction of sp³-hybridized carbons (Fsp3) is 0.750. The van der Waals surface area contributed by atoms with Gasteiger partial charge < -0.3 is 4.74 Å². The van der Waals surface area contributed by atoms with Gasteiger partial charge in [0.2, 0.25) is 0 Å². The third-order valence-electron chi connectivity index (χ3n) is 1.47. The van der Waals surface area contributed by atoms with E-state index in [0.29, 0.717) is 6.61 Å². The molecule has 0 aromatic rings. The Balaban J connectivity index is 3.52. The second-order valence-corrected chi connectivity index (χ2v) is 5.51. The summed E-state index contributed by atoms with van der Waals surface area (Å²) in [6.07, 6.45) is 2.75. The van der Waals surface area contributed by atoms with Gasteiger partial charge in [0.15, 0.2) is 0 Å². The molecule has 0 aliphatic rings. The number of hydrogen-bond donors (Lipinski definition) is 0. The van der Waals surface area contributed by atoms with Gasteiger partial charge in [-0.05, 0) is 6.92 Å². The van der Waals surface area contributed by atoms with Gasteiger partial charge in [0.25, 0.3) is 0 Å². The second-order valence-electron chi connectivity index (χ2n) is 2.19. The van der Waals surface area contributed by atoms with E-state index in [1.807, 2.05) is 6.92 Å². The standard InChI is InChI=1S/C4H5O.2C2H5.Al/c1-3-5-4-2;2*1-2;/h3H2,1H3;2*1H2,2H3;. The van der Waals surface area contributed by atoms with Crippen LogP contribution in [0.2, 0.25) is 10.6 Å². The molecule has 0 aliphatic carbocycles. The highest BCUT2D eigenvalue weighted by atomic mass is 27.2. The van der Waals surface area contributed by atoms with Crippen molar-refractivity contribution in [3.05, 3.63) is 0 Å². The molecule has 56 valence electrons. The molecule has 0 saturated carbocycles. The summed E-state index contributed by atoms with van der Waals surface area (Å²) in [7, 11) is 0. The first-order valence-electron chi connectivity index (χ1n) is 3.97. The molecule has 10 heavy (non-hydrogen) atoms. The highest BCUT2D eigenvalue weighted by Gasteiger charge is 2.07. The Morgan fingerprint density at radius 3 is 2.20 bits per heavy atom. The summed E-state index contributed by atoms with van der Waals surface area (Å²) in [5.74, 6) is 0. The van der Waals surface area contributed by atoms with Gasteiger partial charge in [-0.2, -0.15) is 4.78 Å². The monoisotopic (exact) mass is 154 g/mol. The Labute approximate surface area is 68.2 Å². The second kappa shape index (κ2) is 7.00. The van der Waals surface area contributed by atoms with Crippen molar-refractivity contribution in [3.8, 4) is 10.9 Å². The summed E-state index contributed by atoms with van der Waals surface area (Å²) in [6.45, 7) is 7.09. The Bertz CT molecular complexity index is 119. The average molecular weight is 154 g/mol. The lowest BCUT2D eigenvalue weighted by Gasteiger charge is -1.92.